The van der Waals surface area contributed by atoms with Crippen LogP contribution in [0.3, 0.4) is 0 Å². The number of anilines is 1. The van der Waals surface area contributed by atoms with E-state index < -0.39 is 17.6 Å². The maximum Gasteiger partial charge on any atom is 0.348 e. The van der Waals surface area contributed by atoms with Crippen molar-refractivity contribution < 1.29 is 18.3 Å². The van der Waals surface area contributed by atoms with Crippen LogP contribution in [0.1, 0.15) is 20.1 Å². The monoisotopic (exact) mass is 283 g/mol. The summed E-state index contributed by atoms with van der Waals surface area (Å²) in [4.78, 5) is 12.9. The maximum absolute atomic E-state index is 12.9. The largest absolute Gasteiger partial charge is 0.457 e. The highest BCUT2D eigenvalue weighted by Gasteiger charge is 2.13. The first-order chi connectivity index (χ1) is 8.95. The van der Waals surface area contributed by atoms with Gasteiger partial charge in [-0.15, -0.1) is 11.3 Å². The second kappa shape index (κ2) is 5.36. The maximum atomic E-state index is 12.9. The molecule has 3 nitrogen and oxygen atoms in total. The Labute approximate surface area is 112 Å². The average molecular weight is 283 g/mol. The number of hydrogen-bond acceptors (Lipinski definition) is 4. The summed E-state index contributed by atoms with van der Waals surface area (Å²) in [5.41, 5.74) is 6.41. The number of aryl methyl sites for hydroxylation is 1. The van der Waals surface area contributed by atoms with Crippen molar-refractivity contribution in [3.05, 3.63) is 51.2 Å². The number of carbonyl (C=O) groups excluding carboxylic acids is 1. The van der Waals surface area contributed by atoms with Crippen molar-refractivity contribution in [2.24, 2.45) is 0 Å². The molecule has 0 radical (unpaired) electrons. The zero-order chi connectivity index (χ0) is 14.0. The fourth-order valence-corrected chi connectivity index (χ4v) is 2.35. The first-order valence-electron chi connectivity index (χ1n) is 5.43. The molecule has 0 saturated heterocycles. The number of nitrogens with two attached hydrogens (primary N) is 1. The molecule has 0 saturated carbocycles. The normalized spacial score (nSPS) is 10.5. The molecule has 0 amide bonds. The summed E-state index contributed by atoms with van der Waals surface area (Å²) in [6.07, 6.45) is 0. The van der Waals surface area contributed by atoms with Gasteiger partial charge in [0.2, 0.25) is 0 Å². The van der Waals surface area contributed by atoms with Gasteiger partial charge in [-0.25, -0.2) is 13.6 Å². The van der Waals surface area contributed by atoms with Gasteiger partial charge in [0.1, 0.15) is 23.1 Å². The molecule has 1 aromatic carbocycles. The van der Waals surface area contributed by atoms with Crippen molar-refractivity contribution in [3.8, 4) is 0 Å². The fourth-order valence-electron chi connectivity index (χ4n) is 1.51. The molecule has 0 atom stereocenters. The molecule has 19 heavy (non-hydrogen) atoms. The van der Waals surface area contributed by atoms with Crippen LogP contribution in [0.2, 0.25) is 0 Å². The first kappa shape index (κ1) is 13.5. The molecule has 0 unspecified atom stereocenters. The zero-order valence-electron chi connectivity index (χ0n) is 10.1. The van der Waals surface area contributed by atoms with Crippen LogP contribution in [0.15, 0.2) is 24.3 Å². The zero-order valence-corrected chi connectivity index (χ0v) is 10.9. The predicted molar refractivity (Wildman–Crippen MR) is 68.9 cm³/mol. The van der Waals surface area contributed by atoms with Crippen molar-refractivity contribution in [3.63, 3.8) is 0 Å². The summed E-state index contributed by atoms with van der Waals surface area (Å²) in [5, 5.41) is 0. The molecule has 2 rings (SSSR count). The third-order valence-corrected chi connectivity index (χ3v) is 3.50. The van der Waals surface area contributed by atoms with Gasteiger partial charge in [0.05, 0.1) is 0 Å². The van der Waals surface area contributed by atoms with Crippen LogP contribution in [0, 0.1) is 18.6 Å². The summed E-state index contributed by atoms with van der Waals surface area (Å²) in [7, 11) is 0. The van der Waals surface area contributed by atoms with Crippen molar-refractivity contribution in [2.45, 2.75) is 13.5 Å². The lowest BCUT2D eigenvalue weighted by atomic mass is 10.2. The van der Waals surface area contributed by atoms with Crippen LogP contribution < -0.4 is 5.73 Å². The van der Waals surface area contributed by atoms with Crippen LogP contribution >= 0.6 is 11.3 Å². The van der Waals surface area contributed by atoms with Gasteiger partial charge in [0.15, 0.2) is 0 Å². The fraction of sp³-hybridized carbons (Fsp3) is 0.154. The van der Waals surface area contributed by atoms with E-state index in [0.717, 1.165) is 23.1 Å². The van der Waals surface area contributed by atoms with E-state index in [1.54, 1.807) is 6.92 Å². The third kappa shape index (κ3) is 3.29. The second-order valence-electron chi connectivity index (χ2n) is 3.98. The van der Waals surface area contributed by atoms with E-state index in [1.165, 1.54) is 17.4 Å². The topological polar surface area (TPSA) is 52.3 Å². The molecule has 6 heteroatoms. The minimum atomic E-state index is -0.706. The minimum absolute atomic E-state index is 0.190. The molecule has 2 aromatic rings. The quantitative estimate of drug-likeness (QED) is 0.879. The molecule has 2 N–H and O–H groups in total. The van der Waals surface area contributed by atoms with Gasteiger partial charge in [-0.1, -0.05) is 0 Å². The SMILES string of the molecule is Cc1sc(C(=O)OCc2cc(F)cc(F)c2)cc1N. The van der Waals surface area contributed by atoms with Crippen LogP contribution in [-0.2, 0) is 11.3 Å². The van der Waals surface area contributed by atoms with Crippen molar-refractivity contribution in [1.29, 1.82) is 0 Å². The van der Waals surface area contributed by atoms with E-state index >= 15 is 0 Å². The molecule has 1 aromatic heterocycles. The third-order valence-electron chi connectivity index (χ3n) is 2.45. The highest BCUT2D eigenvalue weighted by atomic mass is 32.1. The number of rotatable bonds is 3. The van der Waals surface area contributed by atoms with Crippen molar-refractivity contribution in [2.75, 3.05) is 5.73 Å². The average Bonchev–Trinajstić information content (AvgIpc) is 2.65. The first-order valence-corrected chi connectivity index (χ1v) is 6.25. The lowest BCUT2D eigenvalue weighted by Crippen LogP contribution is -2.03. The number of hydrogen-bond donors (Lipinski definition) is 1. The van der Waals surface area contributed by atoms with E-state index in [-0.39, 0.29) is 12.2 Å². The standard InChI is InChI=1S/C13H11F2NO2S/c1-7-11(16)5-12(19-7)13(17)18-6-8-2-9(14)4-10(15)3-8/h2-5H,6,16H2,1H3. The Bertz CT molecular complexity index is 585. The molecule has 0 aliphatic rings. The van der Waals surface area contributed by atoms with Crippen LogP contribution in [0.5, 0.6) is 0 Å². The van der Waals surface area contributed by atoms with Gasteiger partial charge in [-0.05, 0) is 30.7 Å². The van der Waals surface area contributed by atoms with Gasteiger partial charge in [0, 0.05) is 16.6 Å². The lowest BCUT2D eigenvalue weighted by Gasteiger charge is -2.04. The summed E-state index contributed by atoms with van der Waals surface area (Å²) in [6, 6.07) is 4.51. The van der Waals surface area contributed by atoms with Gasteiger partial charge in [0.25, 0.3) is 0 Å². The Morgan fingerprint density at radius 1 is 1.26 bits per heavy atom. The van der Waals surface area contributed by atoms with Gasteiger partial charge >= 0.3 is 5.97 Å². The van der Waals surface area contributed by atoms with Gasteiger partial charge in [-0.3, -0.25) is 0 Å². The number of halogens is 2. The Hall–Kier alpha value is -1.95. The molecular weight excluding hydrogens is 272 g/mol. The van der Waals surface area contributed by atoms with E-state index in [0.29, 0.717) is 10.6 Å². The molecule has 0 aliphatic heterocycles. The van der Waals surface area contributed by atoms with Crippen molar-refractivity contribution in [1.82, 2.24) is 0 Å². The molecular formula is C13H11F2NO2S. The smallest absolute Gasteiger partial charge is 0.348 e. The highest BCUT2D eigenvalue weighted by Crippen LogP contribution is 2.24. The van der Waals surface area contributed by atoms with Crippen molar-refractivity contribution >= 4 is 23.0 Å². The Morgan fingerprint density at radius 2 is 1.89 bits per heavy atom. The Kier molecular flexibility index (Phi) is 3.80. The van der Waals surface area contributed by atoms with E-state index in [1.807, 2.05) is 0 Å². The number of nitrogen functional groups attached to an aromatic ring is 1. The Morgan fingerprint density at radius 3 is 2.42 bits per heavy atom. The summed E-state index contributed by atoms with van der Waals surface area (Å²) in [6.45, 7) is 1.60. The molecule has 1 heterocycles. The lowest BCUT2D eigenvalue weighted by molar-refractivity contribution is 0.0477. The molecule has 0 bridgehead atoms. The predicted octanol–water partition coefficient (Wildman–Crippen LogP) is 3.27. The number of thiophene rings is 1. The van der Waals surface area contributed by atoms with E-state index in [9.17, 15) is 13.6 Å². The number of esters is 1. The molecule has 0 fully saturated rings. The number of benzene rings is 1. The summed E-state index contributed by atoms with van der Waals surface area (Å²) >= 11 is 1.22. The van der Waals surface area contributed by atoms with E-state index in [2.05, 4.69) is 0 Å². The Balaban J connectivity index is 2.04. The number of ether oxygens (including phenoxy) is 1. The van der Waals surface area contributed by atoms with Crippen LogP contribution in [-0.4, -0.2) is 5.97 Å². The highest BCUT2D eigenvalue weighted by molar-refractivity contribution is 7.14. The van der Waals surface area contributed by atoms with Gasteiger partial charge in [-0.2, -0.15) is 0 Å². The van der Waals surface area contributed by atoms with Crippen LogP contribution in [0.4, 0.5) is 14.5 Å². The number of carbonyl (C=O) groups is 1. The van der Waals surface area contributed by atoms with E-state index in [4.69, 9.17) is 10.5 Å². The summed E-state index contributed by atoms with van der Waals surface area (Å²) in [5.74, 6) is -1.97. The minimum Gasteiger partial charge on any atom is -0.457 e. The second-order valence-corrected chi connectivity index (χ2v) is 5.23. The molecule has 0 aliphatic carbocycles. The summed E-state index contributed by atoms with van der Waals surface area (Å²) < 4.78 is 30.8. The molecule has 100 valence electrons. The molecule has 0 spiro atoms. The van der Waals surface area contributed by atoms with Crippen LogP contribution in [0.25, 0.3) is 0 Å². The van der Waals surface area contributed by atoms with Gasteiger partial charge < -0.3 is 10.5 Å².